The van der Waals surface area contributed by atoms with E-state index in [2.05, 4.69) is 0 Å². The van der Waals surface area contributed by atoms with Crippen LogP contribution in [0.15, 0.2) is 48.5 Å². The van der Waals surface area contributed by atoms with Crippen molar-refractivity contribution in [1.29, 1.82) is 0 Å². The summed E-state index contributed by atoms with van der Waals surface area (Å²) in [5, 5.41) is 0. The van der Waals surface area contributed by atoms with Crippen LogP contribution in [0.4, 0.5) is 4.39 Å². The molecule has 0 aliphatic carbocycles. The minimum Gasteiger partial charge on any atom is -0.493 e. The number of para-hydroxylation sites is 1. The minimum absolute atomic E-state index is 0.291. The zero-order valence-electron chi connectivity index (χ0n) is 14.1. The number of hydrogen-bond acceptors (Lipinski definition) is 3. The Morgan fingerprint density at radius 1 is 0.917 bits per heavy atom. The molecule has 128 valence electrons. The van der Waals surface area contributed by atoms with Crippen molar-refractivity contribution in [2.45, 2.75) is 19.8 Å². The first kappa shape index (κ1) is 17.9. The van der Waals surface area contributed by atoms with Crippen molar-refractivity contribution >= 4 is 6.08 Å². The van der Waals surface area contributed by atoms with Crippen molar-refractivity contribution in [1.82, 2.24) is 0 Å². The average Bonchev–Trinajstić information content (AvgIpc) is 2.60. The summed E-state index contributed by atoms with van der Waals surface area (Å²) in [5.74, 6) is 1.40. The molecule has 0 fully saturated rings. The topological polar surface area (TPSA) is 27.7 Å². The van der Waals surface area contributed by atoms with Gasteiger partial charge in [-0.25, -0.2) is 4.39 Å². The van der Waals surface area contributed by atoms with E-state index in [9.17, 15) is 4.39 Å². The van der Waals surface area contributed by atoms with Gasteiger partial charge in [0.25, 0.3) is 0 Å². The van der Waals surface area contributed by atoms with Gasteiger partial charge in [0, 0.05) is 0 Å². The molecule has 0 saturated carbocycles. The summed E-state index contributed by atoms with van der Waals surface area (Å²) in [7, 11) is 1.63. The fourth-order valence-electron chi connectivity index (χ4n) is 2.23. The third kappa shape index (κ3) is 5.30. The number of rotatable bonds is 9. The standard InChI is InChI=1S/C20H23FO3/c1-3-8-16-11-12-19(20(15-16)22-2)24-14-7-6-13-23-18-10-5-4-9-17(18)21/h3-5,8-12,15H,6-7,13-14H2,1-2H3. The zero-order chi connectivity index (χ0) is 17.2. The summed E-state index contributed by atoms with van der Waals surface area (Å²) in [6, 6.07) is 12.3. The maximum atomic E-state index is 13.4. The van der Waals surface area contributed by atoms with Crippen LogP contribution >= 0.6 is 0 Å². The molecule has 0 N–H and O–H groups in total. The van der Waals surface area contributed by atoms with Crippen LogP contribution < -0.4 is 14.2 Å². The Hall–Kier alpha value is -2.49. The molecule has 0 spiro atoms. The van der Waals surface area contributed by atoms with Gasteiger partial charge in [-0.1, -0.05) is 30.4 Å². The number of allylic oxidation sites excluding steroid dienone is 1. The molecule has 0 amide bonds. The average molecular weight is 330 g/mol. The normalized spacial score (nSPS) is 10.8. The second-order valence-electron chi connectivity index (χ2n) is 5.24. The highest BCUT2D eigenvalue weighted by Crippen LogP contribution is 2.28. The van der Waals surface area contributed by atoms with Crippen molar-refractivity contribution in [2.75, 3.05) is 20.3 Å². The highest BCUT2D eigenvalue weighted by atomic mass is 19.1. The molecule has 0 atom stereocenters. The van der Waals surface area contributed by atoms with Crippen molar-refractivity contribution < 1.29 is 18.6 Å². The molecule has 0 unspecified atom stereocenters. The predicted octanol–water partition coefficient (Wildman–Crippen LogP) is 5.11. The van der Waals surface area contributed by atoms with Crippen LogP contribution in [-0.4, -0.2) is 20.3 Å². The second-order valence-corrected chi connectivity index (χ2v) is 5.24. The first-order chi connectivity index (χ1) is 11.7. The van der Waals surface area contributed by atoms with Crippen molar-refractivity contribution in [3.63, 3.8) is 0 Å². The highest BCUT2D eigenvalue weighted by molar-refractivity contribution is 5.55. The van der Waals surface area contributed by atoms with Gasteiger partial charge in [-0.3, -0.25) is 0 Å². The fraction of sp³-hybridized carbons (Fsp3) is 0.300. The molecular formula is C20H23FO3. The lowest BCUT2D eigenvalue weighted by atomic mass is 10.2. The summed E-state index contributed by atoms with van der Waals surface area (Å²) in [4.78, 5) is 0. The Morgan fingerprint density at radius 2 is 1.62 bits per heavy atom. The summed E-state index contributed by atoms with van der Waals surface area (Å²) in [6.07, 6.45) is 5.58. The molecule has 4 heteroatoms. The van der Waals surface area contributed by atoms with E-state index in [-0.39, 0.29) is 5.82 Å². The monoisotopic (exact) mass is 330 g/mol. The van der Waals surface area contributed by atoms with Gasteiger partial charge in [0.2, 0.25) is 0 Å². The summed E-state index contributed by atoms with van der Waals surface area (Å²) < 4.78 is 29.9. The van der Waals surface area contributed by atoms with Crippen molar-refractivity contribution in [2.24, 2.45) is 0 Å². The van der Waals surface area contributed by atoms with Gasteiger partial charge in [0.1, 0.15) is 0 Å². The maximum Gasteiger partial charge on any atom is 0.165 e. The lowest BCUT2D eigenvalue weighted by Gasteiger charge is -2.11. The second kappa shape index (κ2) is 9.60. The van der Waals surface area contributed by atoms with Crippen LogP contribution in [0, 0.1) is 5.82 Å². The van der Waals surface area contributed by atoms with Crippen molar-refractivity contribution in [3.05, 3.63) is 59.9 Å². The van der Waals surface area contributed by atoms with Crippen molar-refractivity contribution in [3.8, 4) is 17.2 Å². The Balaban J connectivity index is 1.73. The van der Waals surface area contributed by atoms with Gasteiger partial charge in [0.15, 0.2) is 23.1 Å². The van der Waals surface area contributed by atoms with Crippen LogP contribution in [0.5, 0.6) is 17.2 Å². The van der Waals surface area contributed by atoms with E-state index in [0.717, 1.165) is 24.2 Å². The van der Waals surface area contributed by atoms with Gasteiger partial charge in [-0.15, -0.1) is 0 Å². The van der Waals surface area contributed by atoms with Gasteiger partial charge in [0.05, 0.1) is 20.3 Å². The van der Waals surface area contributed by atoms with Gasteiger partial charge < -0.3 is 14.2 Å². The summed E-state index contributed by atoms with van der Waals surface area (Å²) >= 11 is 0. The van der Waals surface area contributed by atoms with Crippen LogP contribution in [0.2, 0.25) is 0 Å². The number of methoxy groups -OCH3 is 1. The Morgan fingerprint density at radius 3 is 2.29 bits per heavy atom. The number of benzene rings is 2. The molecule has 0 saturated heterocycles. The van der Waals surface area contributed by atoms with E-state index >= 15 is 0 Å². The van der Waals surface area contributed by atoms with Crippen LogP contribution in [0.3, 0.4) is 0 Å². The van der Waals surface area contributed by atoms with Crippen LogP contribution in [-0.2, 0) is 0 Å². The molecule has 0 radical (unpaired) electrons. The fourth-order valence-corrected chi connectivity index (χ4v) is 2.23. The number of hydrogen-bond donors (Lipinski definition) is 0. The van der Waals surface area contributed by atoms with Gasteiger partial charge in [-0.05, 0) is 49.6 Å². The molecule has 0 aliphatic heterocycles. The number of halogens is 1. The van der Waals surface area contributed by atoms with Gasteiger partial charge >= 0.3 is 0 Å². The Labute approximate surface area is 142 Å². The highest BCUT2D eigenvalue weighted by Gasteiger charge is 2.05. The SMILES string of the molecule is CC=Cc1ccc(OCCCCOc2ccccc2F)c(OC)c1. The molecule has 0 aliphatic rings. The molecule has 2 aromatic carbocycles. The molecule has 0 aromatic heterocycles. The summed E-state index contributed by atoms with van der Waals surface area (Å²) in [5.41, 5.74) is 1.07. The van der Waals surface area contributed by atoms with E-state index < -0.39 is 0 Å². The molecule has 3 nitrogen and oxygen atoms in total. The Kier molecular flexibility index (Phi) is 7.15. The molecule has 0 heterocycles. The summed E-state index contributed by atoms with van der Waals surface area (Å²) in [6.45, 7) is 2.99. The van der Waals surface area contributed by atoms with E-state index in [1.165, 1.54) is 6.07 Å². The maximum absolute atomic E-state index is 13.4. The van der Waals surface area contributed by atoms with Crippen LogP contribution in [0.25, 0.3) is 6.08 Å². The number of ether oxygens (including phenoxy) is 3. The van der Waals surface area contributed by atoms with E-state index in [0.29, 0.717) is 24.7 Å². The lowest BCUT2D eigenvalue weighted by Crippen LogP contribution is -2.04. The smallest absolute Gasteiger partial charge is 0.165 e. The van der Waals surface area contributed by atoms with Crippen LogP contribution in [0.1, 0.15) is 25.3 Å². The van der Waals surface area contributed by atoms with E-state index in [1.807, 2.05) is 37.3 Å². The lowest BCUT2D eigenvalue weighted by molar-refractivity contribution is 0.253. The first-order valence-corrected chi connectivity index (χ1v) is 8.05. The third-order valence-electron chi connectivity index (χ3n) is 3.44. The predicted molar refractivity (Wildman–Crippen MR) is 94.3 cm³/mol. The van der Waals surface area contributed by atoms with E-state index in [4.69, 9.17) is 14.2 Å². The van der Waals surface area contributed by atoms with E-state index in [1.54, 1.807) is 25.3 Å². The van der Waals surface area contributed by atoms with Gasteiger partial charge in [-0.2, -0.15) is 0 Å². The third-order valence-corrected chi connectivity index (χ3v) is 3.44. The quantitative estimate of drug-likeness (QED) is 0.598. The Bertz CT molecular complexity index is 668. The first-order valence-electron chi connectivity index (χ1n) is 8.05. The zero-order valence-corrected chi connectivity index (χ0v) is 14.1. The number of unbranched alkanes of at least 4 members (excludes halogenated alkanes) is 1. The molecule has 24 heavy (non-hydrogen) atoms. The molecule has 2 aromatic rings. The molecular weight excluding hydrogens is 307 g/mol. The minimum atomic E-state index is -0.334. The molecule has 0 bridgehead atoms. The molecule has 2 rings (SSSR count). The largest absolute Gasteiger partial charge is 0.493 e.